The number of hydrogen-bond acceptors (Lipinski definition) is 3. The summed E-state index contributed by atoms with van der Waals surface area (Å²) in [7, 11) is 0. The quantitative estimate of drug-likeness (QED) is 0.363. The van der Waals surface area contributed by atoms with Crippen LogP contribution in [-0.2, 0) is 13.0 Å². The maximum atomic E-state index is 14.0. The van der Waals surface area contributed by atoms with Crippen LogP contribution in [0.15, 0.2) is 12.3 Å². The number of aryl methyl sites for hydroxylation is 1. The van der Waals surface area contributed by atoms with E-state index in [4.69, 9.17) is 11.6 Å². The molecule has 0 radical (unpaired) electrons. The smallest absolute Gasteiger partial charge is 0.350 e. The van der Waals surface area contributed by atoms with E-state index in [-0.39, 0.29) is 34.2 Å². The van der Waals surface area contributed by atoms with Crippen LogP contribution in [0.5, 0.6) is 0 Å². The Hall–Kier alpha value is -2.23. The number of aromatic nitrogens is 3. The minimum absolute atomic E-state index is 0.0711. The Morgan fingerprint density at radius 3 is 2.42 bits per heavy atom. The number of carbonyl (C=O) groups excluding carboxylic acids is 1. The highest BCUT2D eigenvalue weighted by Gasteiger charge is 2.47. The molecule has 1 aliphatic rings. The van der Waals surface area contributed by atoms with Crippen LogP contribution in [-0.4, -0.2) is 33.4 Å². The van der Waals surface area contributed by atoms with Crippen LogP contribution in [0.2, 0.25) is 5.02 Å². The number of amides is 1. The number of nitrogens with one attached hydrogen (secondary N) is 1. The van der Waals surface area contributed by atoms with Crippen LogP contribution in [0.1, 0.15) is 81.5 Å². The van der Waals surface area contributed by atoms with Crippen molar-refractivity contribution in [3.8, 4) is 11.3 Å². The summed E-state index contributed by atoms with van der Waals surface area (Å²) in [5, 5.41) is 7.00. The second-order valence-corrected chi connectivity index (χ2v) is 10.7. The van der Waals surface area contributed by atoms with Crippen LogP contribution >= 0.6 is 11.6 Å². The number of hydrogen-bond donors (Lipinski definition) is 1. The third-order valence-electron chi connectivity index (χ3n) is 6.97. The molecule has 2 heterocycles. The fourth-order valence-corrected chi connectivity index (χ4v) is 4.79. The summed E-state index contributed by atoms with van der Waals surface area (Å²) in [6, 6.07) is 0.973. The first-order valence-electron chi connectivity index (χ1n) is 12.1. The molecule has 1 amide bonds. The fourth-order valence-electron chi connectivity index (χ4n) is 4.47. The first-order chi connectivity index (χ1) is 16.7. The van der Waals surface area contributed by atoms with Gasteiger partial charge in [-0.15, -0.1) is 0 Å². The van der Waals surface area contributed by atoms with Crippen molar-refractivity contribution < 1.29 is 26.7 Å². The van der Waals surface area contributed by atoms with Crippen LogP contribution in [0.4, 0.5) is 22.0 Å². The van der Waals surface area contributed by atoms with E-state index in [9.17, 15) is 26.7 Å². The topological polar surface area (TPSA) is 59.8 Å². The van der Waals surface area contributed by atoms with Gasteiger partial charge in [0.1, 0.15) is 0 Å². The van der Waals surface area contributed by atoms with Gasteiger partial charge in [-0.2, -0.15) is 18.3 Å². The summed E-state index contributed by atoms with van der Waals surface area (Å²) >= 11 is 6.50. The molecule has 0 bridgehead atoms. The average molecular weight is 535 g/mol. The van der Waals surface area contributed by atoms with Crippen molar-refractivity contribution >= 4 is 17.5 Å². The molecule has 0 unspecified atom stereocenters. The molecule has 1 aliphatic carbocycles. The first kappa shape index (κ1) is 28.3. The lowest BCUT2D eigenvalue weighted by Crippen LogP contribution is -2.34. The highest BCUT2D eigenvalue weighted by molar-refractivity contribution is 6.36. The molecule has 0 aliphatic heterocycles. The minimum atomic E-state index is -4.53. The van der Waals surface area contributed by atoms with Gasteiger partial charge in [0.05, 0.1) is 16.1 Å². The fraction of sp³-hybridized carbons (Fsp3) is 0.640. The molecule has 1 N–H and O–H groups in total. The maximum absolute atomic E-state index is 14.0. The van der Waals surface area contributed by atoms with Crippen molar-refractivity contribution in [2.75, 3.05) is 6.54 Å². The Bertz CT molecular complexity index is 1080. The lowest BCUT2D eigenvalue weighted by atomic mass is 9.83. The summed E-state index contributed by atoms with van der Waals surface area (Å²) in [5.74, 6) is 0.541. The van der Waals surface area contributed by atoms with Gasteiger partial charge in [-0.25, -0.2) is 8.78 Å². The molecule has 1 fully saturated rings. The Morgan fingerprint density at radius 2 is 1.86 bits per heavy atom. The van der Waals surface area contributed by atoms with E-state index in [0.29, 0.717) is 18.4 Å². The van der Waals surface area contributed by atoms with Gasteiger partial charge in [-0.05, 0) is 37.7 Å². The number of rotatable bonds is 8. The molecule has 2 aromatic heterocycles. The molecule has 0 saturated heterocycles. The van der Waals surface area contributed by atoms with E-state index in [1.165, 1.54) is 4.68 Å². The molecule has 3 rings (SSSR count). The second-order valence-electron chi connectivity index (χ2n) is 10.3. The molecule has 0 spiro atoms. The average Bonchev–Trinajstić information content (AvgIpc) is 3.13. The number of alkyl halides is 5. The summed E-state index contributed by atoms with van der Waals surface area (Å²) in [6.07, 6.45) is -2.76. The van der Waals surface area contributed by atoms with Gasteiger partial charge in [-0.1, -0.05) is 45.2 Å². The number of carbonyl (C=O) groups is 1. The molecule has 1 saturated carbocycles. The third kappa shape index (κ3) is 6.18. The van der Waals surface area contributed by atoms with Gasteiger partial charge >= 0.3 is 6.18 Å². The standard InChI is InChI=1S/C25H32ClF5N4O/c1-5-35-21(19(26)20(34-35)23(36)33-12-15-8-6-14(2)7-9-15)18-13-32-16(10-17(18)22(27)28)11-24(3,4)25(29,30)31/h10,13-15,22H,5-9,11-12H2,1-4H3,(H,33,36). The maximum Gasteiger partial charge on any atom is 0.394 e. The highest BCUT2D eigenvalue weighted by Crippen LogP contribution is 2.42. The zero-order valence-corrected chi connectivity index (χ0v) is 21.6. The van der Waals surface area contributed by atoms with Crippen LogP contribution in [0.3, 0.4) is 0 Å². The van der Waals surface area contributed by atoms with E-state index < -0.39 is 35.9 Å². The number of nitrogens with zero attached hydrogens (tertiary/aromatic N) is 3. The van der Waals surface area contributed by atoms with Crippen molar-refractivity contribution in [1.82, 2.24) is 20.1 Å². The van der Waals surface area contributed by atoms with Gasteiger partial charge in [0.2, 0.25) is 0 Å². The monoisotopic (exact) mass is 534 g/mol. The molecule has 0 atom stereocenters. The Balaban J connectivity index is 1.90. The predicted molar refractivity (Wildman–Crippen MR) is 128 cm³/mol. The molecule has 5 nitrogen and oxygen atoms in total. The molecular formula is C25H32ClF5N4O. The molecule has 11 heteroatoms. The molecule has 2 aromatic rings. The Kier molecular flexibility index (Phi) is 8.68. The zero-order chi connectivity index (χ0) is 26.8. The SMILES string of the molecule is CCn1nc(C(=O)NCC2CCC(C)CC2)c(Cl)c1-c1cnc(CC(C)(C)C(F)(F)F)cc1C(F)F. The van der Waals surface area contributed by atoms with Crippen molar-refractivity contribution in [2.45, 2.75) is 78.9 Å². The molecule has 36 heavy (non-hydrogen) atoms. The zero-order valence-electron chi connectivity index (χ0n) is 20.9. The van der Waals surface area contributed by atoms with Crippen molar-refractivity contribution in [3.63, 3.8) is 0 Å². The summed E-state index contributed by atoms with van der Waals surface area (Å²) in [4.78, 5) is 16.9. The van der Waals surface area contributed by atoms with Gasteiger partial charge in [0, 0.05) is 42.5 Å². The minimum Gasteiger partial charge on any atom is -0.350 e. The van der Waals surface area contributed by atoms with Crippen molar-refractivity contribution in [3.05, 3.63) is 34.2 Å². The first-order valence-corrected chi connectivity index (χ1v) is 12.5. The van der Waals surface area contributed by atoms with Gasteiger partial charge in [0.15, 0.2) is 5.69 Å². The lowest BCUT2D eigenvalue weighted by Gasteiger charge is -2.27. The van der Waals surface area contributed by atoms with E-state index >= 15 is 0 Å². The van der Waals surface area contributed by atoms with Crippen molar-refractivity contribution in [1.29, 1.82) is 0 Å². The summed E-state index contributed by atoms with van der Waals surface area (Å²) in [5.41, 5.74) is -2.85. The summed E-state index contributed by atoms with van der Waals surface area (Å²) in [6.45, 7) is 6.62. The molecular weight excluding hydrogens is 503 g/mol. The van der Waals surface area contributed by atoms with E-state index in [1.807, 2.05) is 0 Å². The number of halogens is 6. The van der Waals surface area contributed by atoms with E-state index in [1.54, 1.807) is 6.92 Å². The number of pyridine rings is 1. The van der Waals surface area contributed by atoms with Gasteiger partial charge in [-0.3, -0.25) is 14.5 Å². The van der Waals surface area contributed by atoms with Crippen LogP contribution < -0.4 is 5.32 Å². The van der Waals surface area contributed by atoms with Gasteiger partial charge in [0.25, 0.3) is 12.3 Å². The Morgan fingerprint density at radius 1 is 1.22 bits per heavy atom. The normalized spacial score (nSPS) is 19.1. The summed E-state index contributed by atoms with van der Waals surface area (Å²) < 4.78 is 69.3. The largest absolute Gasteiger partial charge is 0.394 e. The third-order valence-corrected chi connectivity index (χ3v) is 7.33. The highest BCUT2D eigenvalue weighted by atomic mass is 35.5. The van der Waals surface area contributed by atoms with Crippen molar-refractivity contribution in [2.24, 2.45) is 17.3 Å². The van der Waals surface area contributed by atoms with E-state index in [0.717, 1.165) is 51.8 Å². The van der Waals surface area contributed by atoms with E-state index in [2.05, 4.69) is 22.3 Å². The Labute approximate surface area is 212 Å². The van der Waals surface area contributed by atoms with Crippen LogP contribution in [0, 0.1) is 17.3 Å². The predicted octanol–water partition coefficient (Wildman–Crippen LogP) is 7.24. The van der Waals surface area contributed by atoms with Gasteiger partial charge < -0.3 is 5.32 Å². The molecule has 0 aromatic carbocycles. The lowest BCUT2D eigenvalue weighted by molar-refractivity contribution is -0.211. The second kappa shape index (κ2) is 11.0. The van der Waals surface area contributed by atoms with Crippen LogP contribution in [0.25, 0.3) is 11.3 Å². The molecule has 200 valence electrons.